The molecule has 5 nitrogen and oxygen atoms in total. The molecule has 0 atom stereocenters. The minimum absolute atomic E-state index is 0.189. The standard InChI is InChI=1S/C30H42O5/c1-3-22-7-11-24(12-8-22)25-15-17-26(18-16-25)28(31)21-23-9-13-27(14-10-23)30(33)35-20-6-5-19-34-29(32)4-2/h4,9-10,13-14,22,24-26H,2-3,5-8,11-12,15-21H2,1H3. The van der Waals surface area contributed by atoms with Gasteiger partial charge in [-0.25, -0.2) is 9.59 Å². The molecular weight excluding hydrogens is 440 g/mol. The minimum atomic E-state index is -0.446. The van der Waals surface area contributed by atoms with Crippen LogP contribution in [0.5, 0.6) is 0 Å². The van der Waals surface area contributed by atoms with Gasteiger partial charge in [0.05, 0.1) is 18.8 Å². The summed E-state index contributed by atoms with van der Waals surface area (Å²) in [5.41, 5.74) is 1.44. The molecule has 0 amide bonds. The number of hydrogen-bond donors (Lipinski definition) is 0. The highest BCUT2D eigenvalue weighted by molar-refractivity contribution is 5.89. The first-order valence-corrected chi connectivity index (χ1v) is 13.6. The fraction of sp³-hybridized carbons (Fsp3) is 0.633. The van der Waals surface area contributed by atoms with E-state index in [-0.39, 0.29) is 25.1 Å². The quantitative estimate of drug-likeness (QED) is 0.194. The highest BCUT2D eigenvalue weighted by Gasteiger charge is 2.32. The molecule has 2 fully saturated rings. The van der Waals surface area contributed by atoms with Crippen molar-refractivity contribution in [1.29, 1.82) is 0 Å². The molecule has 1 aromatic carbocycles. The lowest BCUT2D eigenvalue weighted by molar-refractivity contribution is -0.137. The van der Waals surface area contributed by atoms with E-state index in [2.05, 4.69) is 13.5 Å². The van der Waals surface area contributed by atoms with Crippen LogP contribution in [0.4, 0.5) is 0 Å². The average molecular weight is 483 g/mol. The minimum Gasteiger partial charge on any atom is -0.463 e. The lowest BCUT2D eigenvalue weighted by Gasteiger charge is -2.37. The van der Waals surface area contributed by atoms with Gasteiger partial charge in [-0.1, -0.05) is 44.9 Å². The summed E-state index contributed by atoms with van der Waals surface area (Å²) >= 11 is 0. The van der Waals surface area contributed by atoms with Crippen LogP contribution >= 0.6 is 0 Å². The van der Waals surface area contributed by atoms with Crippen molar-refractivity contribution < 1.29 is 23.9 Å². The number of hydrogen-bond acceptors (Lipinski definition) is 5. The number of rotatable bonds is 12. The third-order valence-electron chi connectivity index (χ3n) is 8.11. The summed E-state index contributed by atoms with van der Waals surface area (Å²) in [5.74, 6) is 2.35. The molecule has 5 heteroatoms. The monoisotopic (exact) mass is 482 g/mol. The lowest BCUT2D eigenvalue weighted by atomic mass is 9.68. The molecule has 3 rings (SSSR count). The van der Waals surface area contributed by atoms with Crippen molar-refractivity contribution in [2.45, 2.75) is 84.0 Å². The zero-order valence-electron chi connectivity index (χ0n) is 21.3. The van der Waals surface area contributed by atoms with Crippen molar-refractivity contribution in [2.75, 3.05) is 13.2 Å². The Bertz CT molecular complexity index is 827. The van der Waals surface area contributed by atoms with Crippen molar-refractivity contribution in [3.63, 3.8) is 0 Å². The number of esters is 2. The van der Waals surface area contributed by atoms with E-state index in [1.165, 1.54) is 44.9 Å². The predicted octanol–water partition coefficient (Wildman–Crippen LogP) is 6.49. The molecule has 2 aliphatic carbocycles. The Hall–Kier alpha value is -2.43. The molecule has 0 aromatic heterocycles. The topological polar surface area (TPSA) is 69.7 Å². The molecule has 0 radical (unpaired) electrons. The van der Waals surface area contributed by atoms with Crippen LogP contribution in [-0.2, 0) is 25.5 Å². The van der Waals surface area contributed by atoms with Gasteiger partial charge in [0.15, 0.2) is 0 Å². The molecule has 0 bridgehead atoms. The van der Waals surface area contributed by atoms with E-state index >= 15 is 0 Å². The molecule has 0 N–H and O–H groups in total. The van der Waals surface area contributed by atoms with Gasteiger partial charge in [0.1, 0.15) is 5.78 Å². The summed E-state index contributed by atoms with van der Waals surface area (Å²) in [6.45, 7) is 6.21. The second-order valence-corrected chi connectivity index (χ2v) is 10.4. The van der Waals surface area contributed by atoms with Crippen LogP contribution < -0.4 is 0 Å². The number of unbranched alkanes of at least 4 members (excludes halogenated alkanes) is 1. The Morgan fingerprint density at radius 3 is 2.00 bits per heavy atom. The molecule has 0 spiro atoms. The van der Waals surface area contributed by atoms with Crippen molar-refractivity contribution in [3.8, 4) is 0 Å². The van der Waals surface area contributed by atoms with Crippen LogP contribution in [0.3, 0.4) is 0 Å². The fourth-order valence-corrected chi connectivity index (χ4v) is 5.77. The number of carbonyl (C=O) groups is 3. The molecule has 0 heterocycles. The summed E-state index contributed by atoms with van der Waals surface area (Å²) in [5, 5.41) is 0. The highest BCUT2D eigenvalue weighted by Crippen LogP contribution is 2.42. The summed E-state index contributed by atoms with van der Waals surface area (Å²) in [4.78, 5) is 36.1. The normalized spacial score (nSPS) is 24.4. The largest absolute Gasteiger partial charge is 0.463 e. The van der Waals surface area contributed by atoms with Gasteiger partial charge in [-0.15, -0.1) is 0 Å². The van der Waals surface area contributed by atoms with E-state index in [0.29, 0.717) is 30.6 Å². The van der Waals surface area contributed by atoms with Gasteiger partial charge >= 0.3 is 11.9 Å². The predicted molar refractivity (Wildman–Crippen MR) is 137 cm³/mol. The van der Waals surface area contributed by atoms with Crippen LogP contribution in [0.1, 0.15) is 93.5 Å². The second kappa shape index (κ2) is 14.2. The third-order valence-corrected chi connectivity index (χ3v) is 8.11. The SMILES string of the molecule is C=CC(=O)OCCCCOC(=O)c1ccc(CC(=O)C2CCC(C3CCC(CC)CC3)CC2)cc1. The van der Waals surface area contributed by atoms with Gasteiger partial charge in [-0.05, 0) is 86.8 Å². The van der Waals surface area contributed by atoms with E-state index < -0.39 is 5.97 Å². The van der Waals surface area contributed by atoms with Crippen LogP contribution in [-0.4, -0.2) is 30.9 Å². The van der Waals surface area contributed by atoms with Gasteiger partial charge in [-0.3, -0.25) is 4.79 Å². The van der Waals surface area contributed by atoms with E-state index in [1.54, 1.807) is 12.1 Å². The van der Waals surface area contributed by atoms with E-state index in [0.717, 1.165) is 42.2 Å². The van der Waals surface area contributed by atoms with Crippen molar-refractivity contribution in [3.05, 3.63) is 48.0 Å². The Kier molecular flexibility index (Phi) is 11.0. The van der Waals surface area contributed by atoms with Gasteiger partial charge in [0.25, 0.3) is 0 Å². The summed E-state index contributed by atoms with van der Waals surface area (Å²) in [6.07, 6.45) is 14.2. The molecule has 192 valence electrons. The molecule has 0 saturated heterocycles. The smallest absolute Gasteiger partial charge is 0.338 e. The number of Topliss-reactive ketones (excluding diaryl/α,β-unsaturated/α-hetero) is 1. The molecule has 2 aliphatic rings. The van der Waals surface area contributed by atoms with Gasteiger partial charge in [0.2, 0.25) is 0 Å². The van der Waals surface area contributed by atoms with E-state index in [1.807, 2.05) is 12.1 Å². The number of ether oxygens (including phenoxy) is 2. The van der Waals surface area contributed by atoms with Crippen molar-refractivity contribution in [1.82, 2.24) is 0 Å². The Morgan fingerprint density at radius 2 is 1.43 bits per heavy atom. The van der Waals surface area contributed by atoms with Gasteiger partial charge in [-0.2, -0.15) is 0 Å². The van der Waals surface area contributed by atoms with Gasteiger partial charge in [0, 0.05) is 18.4 Å². The number of ketones is 1. The first-order valence-electron chi connectivity index (χ1n) is 13.6. The second-order valence-electron chi connectivity index (χ2n) is 10.4. The average Bonchev–Trinajstić information content (AvgIpc) is 2.90. The Labute approximate surface area is 210 Å². The van der Waals surface area contributed by atoms with Crippen LogP contribution in [0, 0.1) is 23.7 Å². The Morgan fingerprint density at radius 1 is 0.857 bits per heavy atom. The summed E-state index contributed by atoms with van der Waals surface area (Å²) < 4.78 is 10.2. The van der Waals surface area contributed by atoms with E-state index in [9.17, 15) is 14.4 Å². The zero-order valence-corrected chi connectivity index (χ0v) is 21.3. The van der Waals surface area contributed by atoms with Crippen molar-refractivity contribution in [2.24, 2.45) is 23.7 Å². The first kappa shape index (κ1) is 27.2. The van der Waals surface area contributed by atoms with E-state index in [4.69, 9.17) is 9.47 Å². The lowest BCUT2D eigenvalue weighted by Crippen LogP contribution is -2.28. The number of benzene rings is 1. The summed E-state index contributed by atoms with van der Waals surface area (Å²) in [7, 11) is 0. The molecule has 0 aliphatic heterocycles. The van der Waals surface area contributed by atoms with Crippen LogP contribution in [0.2, 0.25) is 0 Å². The maximum atomic E-state index is 12.9. The van der Waals surface area contributed by atoms with Crippen LogP contribution in [0.15, 0.2) is 36.9 Å². The molecule has 0 unspecified atom stereocenters. The van der Waals surface area contributed by atoms with Gasteiger partial charge < -0.3 is 9.47 Å². The first-order chi connectivity index (χ1) is 17.0. The molecule has 2 saturated carbocycles. The highest BCUT2D eigenvalue weighted by atomic mass is 16.5. The fourth-order valence-electron chi connectivity index (χ4n) is 5.77. The molecule has 1 aromatic rings. The molecular formula is C30H42O5. The maximum absolute atomic E-state index is 12.9. The zero-order chi connectivity index (χ0) is 25.0. The maximum Gasteiger partial charge on any atom is 0.338 e. The Balaban J connectivity index is 1.34. The van der Waals surface area contributed by atoms with Crippen molar-refractivity contribution >= 4 is 17.7 Å². The number of carbonyl (C=O) groups excluding carboxylic acids is 3. The molecule has 35 heavy (non-hydrogen) atoms. The third kappa shape index (κ3) is 8.63. The van der Waals surface area contributed by atoms with Crippen LogP contribution in [0.25, 0.3) is 0 Å². The summed E-state index contributed by atoms with van der Waals surface area (Å²) in [6, 6.07) is 7.20.